The first-order valence-corrected chi connectivity index (χ1v) is 7.04. The van der Waals surface area contributed by atoms with Crippen LogP contribution >= 0.6 is 34.8 Å². The average Bonchev–Trinajstić information content (AvgIpc) is 2.71. The van der Waals surface area contributed by atoms with Crippen molar-refractivity contribution >= 4 is 52.4 Å². The molecule has 0 N–H and O–H groups in total. The molecule has 1 aromatic heterocycles. The van der Waals surface area contributed by atoms with Gasteiger partial charge in [-0.2, -0.15) is 0 Å². The van der Waals surface area contributed by atoms with E-state index in [-0.39, 0.29) is 5.82 Å². The number of carbonyl (C=O) groups is 2. The SMILES string of the molecule is O=C1c2ccccc2C(=O)N1c1cc(C(Cl)(Cl)Cl)ccn1. The van der Waals surface area contributed by atoms with Crippen LogP contribution in [0.4, 0.5) is 5.82 Å². The number of nitrogens with zero attached hydrogens (tertiary/aromatic N) is 2. The minimum atomic E-state index is -1.66. The molecule has 106 valence electrons. The van der Waals surface area contributed by atoms with Gasteiger partial charge in [0.05, 0.1) is 11.1 Å². The molecule has 0 atom stereocenters. The second kappa shape index (κ2) is 4.98. The van der Waals surface area contributed by atoms with Gasteiger partial charge in [0, 0.05) is 11.8 Å². The Bertz CT molecular complexity index is 721. The summed E-state index contributed by atoms with van der Waals surface area (Å²) in [6.45, 7) is 0. The lowest BCUT2D eigenvalue weighted by molar-refractivity contribution is 0.0925. The molecule has 2 heterocycles. The number of imide groups is 1. The number of pyridine rings is 1. The molecule has 0 aliphatic carbocycles. The molecule has 4 nitrogen and oxygen atoms in total. The zero-order chi connectivity index (χ0) is 15.2. The lowest BCUT2D eigenvalue weighted by atomic mass is 10.1. The fourth-order valence-corrected chi connectivity index (χ4v) is 2.47. The first-order valence-electron chi connectivity index (χ1n) is 5.90. The average molecular weight is 342 g/mol. The van der Waals surface area contributed by atoms with Gasteiger partial charge in [0.1, 0.15) is 5.82 Å². The van der Waals surface area contributed by atoms with Gasteiger partial charge in [0.25, 0.3) is 11.8 Å². The van der Waals surface area contributed by atoms with Crippen LogP contribution in [0.5, 0.6) is 0 Å². The van der Waals surface area contributed by atoms with Crippen molar-refractivity contribution in [3.63, 3.8) is 0 Å². The van der Waals surface area contributed by atoms with Crippen LogP contribution in [0.15, 0.2) is 42.6 Å². The number of carbonyl (C=O) groups excluding carboxylic acids is 2. The van der Waals surface area contributed by atoms with Gasteiger partial charge in [0.2, 0.25) is 3.79 Å². The molecule has 0 bridgehead atoms. The molecule has 0 fully saturated rings. The number of halogens is 3. The van der Waals surface area contributed by atoms with Crippen LogP contribution in [0.3, 0.4) is 0 Å². The summed E-state index contributed by atoms with van der Waals surface area (Å²) in [5.41, 5.74) is 1.00. The quantitative estimate of drug-likeness (QED) is 0.587. The lowest BCUT2D eigenvalue weighted by Gasteiger charge is -2.16. The number of aromatic nitrogens is 1. The molecule has 21 heavy (non-hydrogen) atoms. The van der Waals surface area contributed by atoms with Crippen molar-refractivity contribution in [1.82, 2.24) is 4.98 Å². The maximum Gasteiger partial charge on any atom is 0.267 e. The third-order valence-electron chi connectivity index (χ3n) is 3.10. The number of anilines is 1. The Balaban J connectivity index is 2.08. The molecule has 3 rings (SSSR count). The molecular formula is C14H7Cl3N2O2. The van der Waals surface area contributed by atoms with Crippen molar-refractivity contribution < 1.29 is 9.59 Å². The first kappa shape index (κ1) is 14.3. The van der Waals surface area contributed by atoms with E-state index in [0.29, 0.717) is 16.7 Å². The molecular weight excluding hydrogens is 335 g/mol. The highest BCUT2D eigenvalue weighted by atomic mass is 35.6. The Morgan fingerprint density at radius 2 is 1.52 bits per heavy atom. The van der Waals surface area contributed by atoms with Crippen molar-refractivity contribution in [2.45, 2.75) is 3.79 Å². The van der Waals surface area contributed by atoms with E-state index in [9.17, 15) is 9.59 Å². The molecule has 0 saturated heterocycles. The third-order valence-corrected chi connectivity index (χ3v) is 3.75. The van der Waals surface area contributed by atoms with Crippen molar-refractivity contribution in [2.75, 3.05) is 4.90 Å². The highest BCUT2D eigenvalue weighted by Crippen LogP contribution is 2.39. The number of benzene rings is 1. The summed E-state index contributed by atoms with van der Waals surface area (Å²) in [6, 6.07) is 9.49. The summed E-state index contributed by atoms with van der Waals surface area (Å²) >= 11 is 17.4. The van der Waals surface area contributed by atoms with Gasteiger partial charge >= 0.3 is 0 Å². The maximum absolute atomic E-state index is 12.3. The number of hydrogen-bond acceptors (Lipinski definition) is 3. The Morgan fingerprint density at radius 1 is 0.952 bits per heavy atom. The van der Waals surface area contributed by atoms with Crippen LogP contribution < -0.4 is 4.90 Å². The van der Waals surface area contributed by atoms with Crippen LogP contribution in [0.2, 0.25) is 0 Å². The molecule has 0 unspecified atom stereocenters. The minimum Gasteiger partial charge on any atom is -0.268 e. The number of fused-ring (bicyclic) bond motifs is 1. The summed E-state index contributed by atoms with van der Waals surface area (Å²) in [7, 11) is 0. The smallest absolute Gasteiger partial charge is 0.267 e. The summed E-state index contributed by atoms with van der Waals surface area (Å²) in [5, 5.41) is 0. The minimum absolute atomic E-state index is 0.130. The standard InChI is InChI=1S/C14H7Cl3N2O2/c15-14(16,17)8-5-6-18-11(7-8)19-12(20)9-3-1-2-4-10(9)13(19)21/h1-7H. The topological polar surface area (TPSA) is 50.3 Å². The molecule has 1 aromatic carbocycles. The van der Waals surface area contributed by atoms with E-state index in [1.165, 1.54) is 18.3 Å². The van der Waals surface area contributed by atoms with Gasteiger partial charge in [-0.3, -0.25) is 9.59 Å². The zero-order valence-electron chi connectivity index (χ0n) is 10.4. The molecule has 7 heteroatoms. The predicted molar refractivity (Wildman–Crippen MR) is 81.1 cm³/mol. The zero-order valence-corrected chi connectivity index (χ0v) is 12.7. The highest BCUT2D eigenvalue weighted by molar-refractivity contribution is 6.66. The van der Waals surface area contributed by atoms with Crippen molar-refractivity contribution in [2.24, 2.45) is 0 Å². The van der Waals surface area contributed by atoms with Gasteiger partial charge in [-0.1, -0.05) is 46.9 Å². The Morgan fingerprint density at radius 3 is 2.05 bits per heavy atom. The molecule has 1 aliphatic rings. The van der Waals surface area contributed by atoms with Gasteiger partial charge in [-0.25, -0.2) is 9.88 Å². The van der Waals surface area contributed by atoms with Gasteiger partial charge < -0.3 is 0 Å². The summed E-state index contributed by atoms with van der Waals surface area (Å²) < 4.78 is -1.66. The summed E-state index contributed by atoms with van der Waals surface area (Å²) in [6.07, 6.45) is 1.39. The van der Waals surface area contributed by atoms with Crippen LogP contribution in [-0.4, -0.2) is 16.8 Å². The fraction of sp³-hybridized carbons (Fsp3) is 0.0714. The molecule has 0 spiro atoms. The number of alkyl halides is 3. The summed E-state index contributed by atoms with van der Waals surface area (Å²) in [4.78, 5) is 29.7. The van der Waals surface area contributed by atoms with Crippen LogP contribution in [0.25, 0.3) is 0 Å². The molecule has 2 amide bonds. The largest absolute Gasteiger partial charge is 0.268 e. The van der Waals surface area contributed by atoms with Gasteiger partial charge in [-0.15, -0.1) is 0 Å². The lowest BCUT2D eigenvalue weighted by Crippen LogP contribution is -2.30. The highest BCUT2D eigenvalue weighted by Gasteiger charge is 2.37. The number of amides is 2. The molecule has 0 saturated carbocycles. The van der Waals surface area contributed by atoms with Gasteiger partial charge in [-0.05, 0) is 24.3 Å². The van der Waals surface area contributed by atoms with Crippen LogP contribution in [0.1, 0.15) is 26.3 Å². The van der Waals surface area contributed by atoms with Crippen molar-refractivity contribution in [3.8, 4) is 0 Å². The normalized spacial score (nSPS) is 14.5. The number of hydrogen-bond donors (Lipinski definition) is 0. The Labute approximate surface area is 135 Å². The first-order chi connectivity index (χ1) is 9.89. The van der Waals surface area contributed by atoms with E-state index in [1.54, 1.807) is 24.3 Å². The van der Waals surface area contributed by atoms with Crippen molar-refractivity contribution in [1.29, 1.82) is 0 Å². The second-order valence-electron chi connectivity index (χ2n) is 4.39. The second-order valence-corrected chi connectivity index (χ2v) is 6.67. The van der Waals surface area contributed by atoms with Gasteiger partial charge in [0.15, 0.2) is 0 Å². The van der Waals surface area contributed by atoms with E-state index in [1.807, 2.05) is 0 Å². The Hall–Kier alpha value is -1.62. The van der Waals surface area contributed by atoms with E-state index < -0.39 is 15.6 Å². The molecule has 2 aromatic rings. The van der Waals surface area contributed by atoms with Crippen LogP contribution in [0, 0.1) is 0 Å². The van der Waals surface area contributed by atoms with E-state index in [4.69, 9.17) is 34.8 Å². The van der Waals surface area contributed by atoms with Crippen LogP contribution in [-0.2, 0) is 3.79 Å². The summed E-state index contributed by atoms with van der Waals surface area (Å²) in [5.74, 6) is -0.751. The van der Waals surface area contributed by atoms with Crippen molar-refractivity contribution in [3.05, 3.63) is 59.3 Å². The monoisotopic (exact) mass is 340 g/mol. The van der Waals surface area contributed by atoms with E-state index in [2.05, 4.69) is 4.98 Å². The maximum atomic E-state index is 12.3. The number of rotatable bonds is 1. The predicted octanol–water partition coefficient (Wildman–Crippen LogP) is 3.71. The van der Waals surface area contributed by atoms with E-state index in [0.717, 1.165) is 4.90 Å². The van der Waals surface area contributed by atoms with E-state index >= 15 is 0 Å². The third kappa shape index (κ3) is 2.39. The molecule has 0 radical (unpaired) electrons. The fourth-order valence-electron chi connectivity index (χ4n) is 2.11. The Kier molecular flexibility index (Phi) is 3.40. The molecule has 1 aliphatic heterocycles.